The van der Waals surface area contributed by atoms with E-state index in [1.807, 2.05) is 0 Å². The molecule has 56 heavy (non-hydrogen) atoms. The summed E-state index contributed by atoms with van der Waals surface area (Å²) < 4.78 is 0. The fourth-order valence-corrected chi connectivity index (χ4v) is 8.85. The van der Waals surface area contributed by atoms with Gasteiger partial charge >= 0.3 is 0 Å². The van der Waals surface area contributed by atoms with Crippen LogP contribution >= 0.6 is 0 Å². The van der Waals surface area contributed by atoms with Crippen molar-refractivity contribution in [3.63, 3.8) is 0 Å². The highest BCUT2D eigenvalue weighted by Crippen LogP contribution is 2.43. The molecule has 0 unspecified atom stereocenters. The fourth-order valence-electron chi connectivity index (χ4n) is 8.85. The number of hydrogen-bond acceptors (Lipinski definition) is 0. The second-order valence-corrected chi connectivity index (χ2v) is 14.9. The Hall–Kier alpha value is -7.28. The lowest BCUT2D eigenvalue weighted by molar-refractivity contribution is 1.61. The Balaban J connectivity index is 1.15. The van der Waals surface area contributed by atoms with E-state index in [0.29, 0.717) is 0 Å². The lowest BCUT2D eigenvalue weighted by Gasteiger charge is -2.17. The van der Waals surface area contributed by atoms with Gasteiger partial charge in [-0.15, -0.1) is 0 Å². The largest absolute Gasteiger partial charge is 0.0622 e. The van der Waals surface area contributed by atoms with Gasteiger partial charge in [0.05, 0.1) is 0 Å². The molecule has 0 aliphatic carbocycles. The summed E-state index contributed by atoms with van der Waals surface area (Å²) in [7, 11) is 0. The number of rotatable bonds is 5. The van der Waals surface area contributed by atoms with E-state index >= 15 is 0 Å². The zero-order valence-corrected chi connectivity index (χ0v) is 30.8. The predicted octanol–water partition coefficient (Wildman–Crippen LogP) is 15.8. The molecule has 0 fully saturated rings. The van der Waals surface area contributed by atoms with Crippen LogP contribution in [-0.4, -0.2) is 0 Å². The fraction of sp³-hybridized carbons (Fsp3) is 0. The van der Waals surface area contributed by atoms with E-state index in [1.165, 1.54) is 109 Å². The van der Waals surface area contributed by atoms with Gasteiger partial charge in [-0.25, -0.2) is 0 Å². The summed E-state index contributed by atoms with van der Waals surface area (Å²) in [6.45, 7) is 0. The average Bonchev–Trinajstić information content (AvgIpc) is 3.28. The predicted molar refractivity (Wildman–Crippen MR) is 241 cm³/mol. The smallest absolute Gasteiger partial charge is 0.00928 e. The molecule has 11 rings (SSSR count). The summed E-state index contributed by atoms with van der Waals surface area (Å²) in [5.41, 5.74) is 12.3. The van der Waals surface area contributed by atoms with Crippen molar-refractivity contribution >= 4 is 53.9 Å². The number of fused-ring (bicyclic) bond motifs is 6. The number of hydrogen-bond donors (Lipinski definition) is 0. The summed E-state index contributed by atoms with van der Waals surface area (Å²) in [6, 6.07) is 80.5. The molecule has 0 aromatic heterocycles. The van der Waals surface area contributed by atoms with Gasteiger partial charge in [-0.2, -0.15) is 0 Å². The lowest BCUT2D eigenvalue weighted by atomic mass is 9.86. The normalized spacial score (nSPS) is 11.6. The first-order valence-corrected chi connectivity index (χ1v) is 19.4. The maximum atomic E-state index is 2.43. The molecule has 11 aromatic carbocycles. The van der Waals surface area contributed by atoms with Gasteiger partial charge < -0.3 is 0 Å². The van der Waals surface area contributed by atoms with Crippen molar-refractivity contribution in [3.8, 4) is 55.6 Å². The molecule has 0 saturated carbocycles. The molecule has 11 aromatic rings. The molecule has 0 amide bonds. The van der Waals surface area contributed by atoms with Gasteiger partial charge in [-0.3, -0.25) is 0 Å². The molecular formula is C56H36. The molecular weight excluding hydrogens is 673 g/mol. The zero-order chi connectivity index (χ0) is 37.0. The van der Waals surface area contributed by atoms with Crippen molar-refractivity contribution in [1.29, 1.82) is 0 Å². The van der Waals surface area contributed by atoms with Crippen LogP contribution < -0.4 is 0 Å². The molecule has 0 spiro atoms. The maximum absolute atomic E-state index is 2.43. The van der Waals surface area contributed by atoms with E-state index < -0.39 is 0 Å². The highest BCUT2D eigenvalue weighted by Gasteiger charge is 2.16. The Morgan fingerprint density at radius 3 is 1.25 bits per heavy atom. The van der Waals surface area contributed by atoms with E-state index in [0.717, 1.165) is 0 Å². The van der Waals surface area contributed by atoms with Gasteiger partial charge in [0.2, 0.25) is 0 Å². The molecule has 260 valence electrons. The van der Waals surface area contributed by atoms with E-state index in [4.69, 9.17) is 0 Å². The van der Waals surface area contributed by atoms with Crippen LogP contribution in [-0.2, 0) is 0 Å². The highest BCUT2D eigenvalue weighted by molar-refractivity contribution is 6.17. The van der Waals surface area contributed by atoms with Crippen LogP contribution in [0.3, 0.4) is 0 Å². The minimum atomic E-state index is 1.21. The first kappa shape index (κ1) is 32.2. The van der Waals surface area contributed by atoms with Gasteiger partial charge in [0, 0.05) is 0 Å². The van der Waals surface area contributed by atoms with E-state index in [1.54, 1.807) is 0 Å². The first-order chi connectivity index (χ1) is 27.7. The van der Waals surface area contributed by atoms with Crippen molar-refractivity contribution in [2.24, 2.45) is 0 Å². The van der Waals surface area contributed by atoms with Crippen molar-refractivity contribution in [3.05, 3.63) is 218 Å². The number of benzene rings is 11. The van der Waals surface area contributed by atoms with Crippen LogP contribution in [0.5, 0.6) is 0 Å². The monoisotopic (exact) mass is 708 g/mol. The van der Waals surface area contributed by atoms with Gasteiger partial charge in [0.25, 0.3) is 0 Å². The third kappa shape index (κ3) is 5.46. The van der Waals surface area contributed by atoms with Crippen molar-refractivity contribution < 1.29 is 0 Å². The third-order valence-electron chi connectivity index (χ3n) is 11.6. The van der Waals surface area contributed by atoms with Gasteiger partial charge in [-0.1, -0.05) is 182 Å². The van der Waals surface area contributed by atoms with Crippen molar-refractivity contribution in [2.45, 2.75) is 0 Å². The summed E-state index contributed by atoms with van der Waals surface area (Å²) in [6.07, 6.45) is 0. The van der Waals surface area contributed by atoms with Gasteiger partial charge in [0.1, 0.15) is 0 Å². The van der Waals surface area contributed by atoms with E-state index in [-0.39, 0.29) is 0 Å². The minimum Gasteiger partial charge on any atom is -0.0622 e. The quantitative estimate of drug-likeness (QED) is 0.156. The molecule has 0 saturated heterocycles. The third-order valence-corrected chi connectivity index (χ3v) is 11.6. The highest BCUT2D eigenvalue weighted by atomic mass is 14.2. The summed E-state index contributed by atoms with van der Waals surface area (Å²) in [5.74, 6) is 0. The molecule has 0 heteroatoms. The first-order valence-electron chi connectivity index (χ1n) is 19.4. The molecule has 0 nitrogen and oxygen atoms in total. The van der Waals surface area contributed by atoms with Gasteiger partial charge in [0.15, 0.2) is 0 Å². The standard InChI is InChI=1S/C56H36/c1-3-14-38(15-4-1)47-29-30-48(51-22-12-11-21-50(47)51)43-25-27-49-46(32-43)36-55(44-24-23-37-13-7-8-18-40(37)31-44)56-35-45(26-28-52(49)56)54-34-42-20-10-9-19-41(42)33-53(54)39-16-5-2-6-17-39/h1-36H. The minimum absolute atomic E-state index is 1.21. The van der Waals surface area contributed by atoms with Crippen LogP contribution in [0.4, 0.5) is 0 Å². The summed E-state index contributed by atoms with van der Waals surface area (Å²) in [5, 5.41) is 12.5. The zero-order valence-electron chi connectivity index (χ0n) is 30.8. The van der Waals surface area contributed by atoms with Crippen LogP contribution in [0.15, 0.2) is 218 Å². The average molecular weight is 709 g/mol. The molecule has 0 bridgehead atoms. The van der Waals surface area contributed by atoms with Crippen molar-refractivity contribution in [1.82, 2.24) is 0 Å². The molecule has 0 radical (unpaired) electrons. The second-order valence-electron chi connectivity index (χ2n) is 14.9. The molecule has 0 aliphatic rings. The summed E-state index contributed by atoms with van der Waals surface area (Å²) >= 11 is 0. The Bertz CT molecular complexity index is 3280. The van der Waals surface area contributed by atoms with Crippen LogP contribution in [0.25, 0.3) is 109 Å². The summed E-state index contributed by atoms with van der Waals surface area (Å²) in [4.78, 5) is 0. The lowest BCUT2D eigenvalue weighted by Crippen LogP contribution is -1.90. The topological polar surface area (TPSA) is 0 Å². The van der Waals surface area contributed by atoms with E-state index in [9.17, 15) is 0 Å². The van der Waals surface area contributed by atoms with Gasteiger partial charge in [-0.05, 0) is 146 Å². The molecule has 0 atom stereocenters. The Morgan fingerprint density at radius 1 is 0.161 bits per heavy atom. The van der Waals surface area contributed by atoms with Crippen molar-refractivity contribution in [2.75, 3.05) is 0 Å². The molecule has 0 N–H and O–H groups in total. The van der Waals surface area contributed by atoms with Crippen LogP contribution in [0.1, 0.15) is 0 Å². The SMILES string of the molecule is c1ccc(-c2cc3ccccc3cc2-c2ccc3c(c2)c(-c2ccc4ccccc4c2)cc2cc(-c4ccc(-c5ccccc5)c5ccccc45)ccc23)cc1. The Morgan fingerprint density at radius 2 is 0.589 bits per heavy atom. The van der Waals surface area contributed by atoms with E-state index in [2.05, 4.69) is 218 Å². The second kappa shape index (κ2) is 13.2. The molecule has 0 heterocycles. The van der Waals surface area contributed by atoms with Crippen LogP contribution in [0.2, 0.25) is 0 Å². The van der Waals surface area contributed by atoms with Crippen LogP contribution in [0, 0.1) is 0 Å². The Labute approximate surface area is 326 Å². The Kier molecular flexibility index (Phi) is 7.60. The molecule has 0 aliphatic heterocycles. The maximum Gasteiger partial charge on any atom is -0.00928 e.